The molecule has 1 heterocycles. The largest absolute Gasteiger partial charge is 0.364 e. The van der Waals surface area contributed by atoms with E-state index in [1.165, 1.54) is 18.4 Å². The van der Waals surface area contributed by atoms with Crippen LogP contribution in [0.3, 0.4) is 0 Å². The SMILES string of the molecule is NC(=O)c1cc(C2CC2)ccn1. The topological polar surface area (TPSA) is 56.0 Å². The van der Waals surface area contributed by atoms with Crippen molar-refractivity contribution in [3.05, 3.63) is 29.6 Å². The number of pyridine rings is 1. The first-order valence-electron chi connectivity index (χ1n) is 4.03. The van der Waals surface area contributed by atoms with E-state index < -0.39 is 5.91 Å². The molecule has 12 heavy (non-hydrogen) atoms. The summed E-state index contributed by atoms with van der Waals surface area (Å²) in [6, 6.07) is 3.74. The first kappa shape index (κ1) is 7.28. The monoisotopic (exact) mass is 162 g/mol. The smallest absolute Gasteiger partial charge is 0.267 e. The Hall–Kier alpha value is -1.38. The van der Waals surface area contributed by atoms with Crippen LogP contribution in [0.2, 0.25) is 0 Å². The average molecular weight is 162 g/mol. The molecule has 0 spiro atoms. The molecule has 1 amide bonds. The maximum Gasteiger partial charge on any atom is 0.267 e. The molecule has 3 heteroatoms. The van der Waals surface area contributed by atoms with E-state index in [9.17, 15) is 4.79 Å². The van der Waals surface area contributed by atoms with Crippen molar-refractivity contribution in [2.24, 2.45) is 5.73 Å². The van der Waals surface area contributed by atoms with Gasteiger partial charge < -0.3 is 5.73 Å². The molecule has 1 aromatic rings. The van der Waals surface area contributed by atoms with Crippen molar-refractivity contribution in [2.75, 3.05) is 0 Å². The van der Waals surface area contributed by atoms with Crippen LogP contribution < -0.4 is 5.73 Å². The number of rotatable bonds is 2. The number of nitrogens with zero attached hydrogens (tertiary/aromatic N) is 1. The Morgan fingerprint density at radius 1 is 1.58 bits per heavy atom. The molecule has 0 atom stereocenters. The van der Waals surface area contributed by atoms with Crippen LogP contribution in [0, 0.1) is 0 Å². The summed E-state index contributed by atoms with van der Waals surface area (Å²) in [7, 11) is 0. The molecular weight excluding hydrogens is 152 g/mol. The predicted octanol–water partition coefficient (Wildman–Crippen LogP) is 1.06. The number of nitrogens with two attached hydrogens (primary N) is 1. The van der Waals surface area contributed by atoms with Crippen molar-refractivity contribution in [1.29, 1.82) is 0 Å². The van der Waals surface area contributed by atoms with Gasteiger partial charge in [-0.15, -0.1) is 0 Å². The highest BCUT2D eigenvalue weighted by Gasteiger charge is 2.23. The quantitative estimate of drug-likeness (QED) is 0.706. The second-order valence-electron chi connectivity index (χ2n) is 3.11. The fraction of sp³-hybridized carbons (Fsp3) is 0.333. The summed E-state index contributed by atoms with van der Waals surface area (Å²) in [5.41, 5.74) is 6.67. The minimum atomic E-state index is -0.447. The molecule has 0 unspecified atom stereocenters. The van der Waals surface area contributed by atoms with Crippen molar-refractivity contribution < 1.29 is 4.79 Å². The van der Waals surface area contributed by atoms with E-state index in [0.717, 1.165) is 0 Å². The maximum atomic E-state index is 10.8. The van der Waals surface area contributed by atoms with Gasteiger partial charge in [-0.3, -0.25) is 9.78 Å². The highest BCUT2D eigenvalue weighted by atomic mass is 16.1. The zero-order chi connectivity index (χ0) is 8.55. The van der Waals surface area contributed by atoms with Gasteiger partial charge >= 0.3 is 0 Å². The van der Waals surface area contributed by atoms with Gasteiger partial charge in [0.25, 0.3) is 5.91 Å². The zero-order valence-electron chi connectivity index (χ0n) is 6.66. The molecule has 1 aliphatic carbocycles. The molecular formula is C9H10N2O. The van der Waals surface area contributed by atoms with E-state index in [1.54, 1.807) is 12.3 Å². The zero-order valence-corrected chi connectivity index (χ0v) is 6.66. The van der Waals surface area contributed by atoms with E-state index in [1.807, 2.05) is 6.07 Å². The van der Waals surface area contributed by atoms with Gasteiger partial charge in [0.15, 0.2) is 0 Å². The minimum absolute atomic E-state index is 0.374. The lowest BCUT2D eigenvalue weighted by Gasteiger charge is -1.98. The molecule has 1 fully saturated rings. The number of carbonyl (C=O) groups excluding carboxylic acids is 1. The fourth-order valence-electron chi connectivity index (χ4n) is 1.25. The highest BCUT2D eigenvalue weighted by Crippen LogP contribution is 2.39. The average Bonchev–Trinajstić information content (AvgIpc) is 2.87. The van der Waals surface area contributed by atoms with Crippen LogP contribution in [0.4, 0.5) is 0 Å². The van der Waals surface area contributed by atoms with E-state index in [-0.39, 0.29) is 0 Å². The predicted molar refractivity (Wildman–Crippen MR) is 44.7 cm³/mol. The Bertz CT molecular complexity index is 318. The Morgan fingerprint density at radius 2 is 2.33 bits per heavy atom. The van der Waals surface area contributed by atoms with E-state index >= 15 is 0 Å². The van der Waals surface area contributed by atoms with Crippen LogP contribution in [0.5, 0.6) is 0 Å². The van der Waals surface area contributed by atoms with Crippen molar-refractivity contribution in [3.8, 4) is 0 Å². The Labute approximate surface area is 70.6 Å². The van der Waals surface area contributed by atoms with Gasteiger partial charge in [0.1, 0.15) is 5.69 Å². The van der Waals surface area contributed by atoms with Crippen LogP contribution in [0.15, 0.2) is 18.3 Å². The molecule has 0 bridgehead atoms. The minimum Gasteiger partial charge on any atom is -0.364 e. The molecule has 0 radical (unpaired) electrons. The lowest BCUT2D eigenvalue weighted by Crippen LogP contribution is -2.12. The van der Waals surface area contributed by atoms with Crippen molar-refractivity contribution in [1.82, 2.24) is 4.98 Å². The van der Waals surface area contributed by atoms with Gasteiger partial charge in [-0.05, 0) is 36.5 Å². The van der Waals surface area contributed by atoms with E-state index in [4.69, 9.17) is 5.73 Å². The molecule has 0 saturated heterocycles. The summed E-state index contributed by atoms with van der Waals surface area (Å²) in [6.45, 7) is 0. The third kappa shape index (κ3) is 1.30. The molecule has 1 aromatic heterocycles. The third-order valence-electron chi connectivity index (χ3n) is 2.09. The highest BCUT2D eigenvalue weighted by molar-refractivity contribution is 5.90. The number of hydrogen-bond donors (Lipinski definition) is 1. The number of hydrogen-bond acceptors (Lipinski definition) is 2. The first-order chi connectivity index (χ1) is 5.77. The first-order valence-corrected chi connectivity index (χ1v) is 4.03. The van der Waals surface area contributed by atoms with Crippen LogP contribution in [0.1, 0.15) is 34.8 Å². The summed E-state index contributed by atoms with van der Waals surface area (Å²) < 4.78 is 0. The van der Waals surface area contributed by atoms with Crippen LogP contribution in [0.25, 0.3) is 0 Å². The van der Waals surface area contributed by atoms with Crippen LogP contribution in [-0.2, 0) is 0 Å². The lowest BCUT2D eigenvalue weighted by molar-refractivity contribution is 0.0995. The fourth-order valence-corrected chi connectivity index (χ4v) is 1.25. The number of amides is 1. The van der Waals surface area contributed by atoms with Gasteiger partial charge in [0.2, 0.25) is 0 Å². The summed E-state index contributed by atoms with van der Waals surface area (Å²) in [4.78, 5) is 14.6. The molecule has 3 nitrogen and oxygen atoms in total. The van der Waals surface area contributed by atoms with Gasteiger partial charge in [0, 0.05) is 6.20 Å². The van der Waals surface area contributed by atoms with E-state index in [2.05, 4.69) is 4.98 Å². The van der Waals surface area contributed by atoms with Crippen LogP contribution in [-0.4, -0.2) is 10.9 Å². The van der Waals surface area contributed by atoms with E-state index in [0.29, 0.717) is 11.6 Å². The summed E-state index contributed by atoms with van der Waals surface area (Å²) in [6.07, 6.45) is 4.10. The second-order valence-corrected chi connectivity index (χ2v) is 3.11. The summed E-state index contributed by atoms with van der Waals surface area (Å²) >= 11 is 0. The third-order valence-corrected chi connectivity index (χ3v) is 2.09. The molecule has 1 aliphatic rings. The number of primary amides is 1. The van der Waals surface area contributed by atoms with Crippen molar-refractivity contribution in [2.45, 2.75) is 18.8 Å². The summed E-state index contributed by atoms with van der Waals surface area (Å²) in [5.74, 6) is 0.198. The number of carbonyl (C=O) groups is 1. The molecule has 0 aromatic carbocycles. The molecule has 2 rings (SSSR count). The van der Waals surface area contributed by atoms with Gasteiger partial charge in [-0.1, -0.05) is 0 Å². The normalized spacial score (nSPS) is 16.0. The Kier molecular flexibility index (Phi) is 1.57. The maximum absolute atomic E-state index is 10.8. The van der Waals surface area contributed by atoms with Gasteiger partial charge in [-0.2, -0.15) is 0 Å². The van der Waals surface area contributed by atoms with Crippen molar-refractivity contribution in [3.63, 3.8) is 0 Å². The second kappa shape index (κ2) is 2.59. The number of aromatic nitrogens is 1. The van der Waals surface area contributed by atoms with Gasteiger partial charge in [0.05, 0.1) is 0 Å². The Balaban J connectivity index is 2.32. The molecule has 2 N–H and O–H groups in total. The van der Waals surface area contributed by atoms with Gasteiger partial charge in [-0.25, -0.2) is 0 Å². The van der Waals surface area contributed by atoms with Crippen molar-refractivity contribution >= 4 is 5.91 Å². The Morgan fingerprint density at radius 3 is 2.92 bits per heavy atom. The summed E-state index contributed by atoms with van der Waals surface area (Å²) in [5, 5.41) is 0. The molecule has 0 aliphatic heterocycles. The standard InChI is InChI=1S/C9H10N2O/c10-9(12)8-5-7(3-4-11-8)6-1-2-6/h3-6H,1-2H2,(H2,10,12). The molecule has 1 saturated carbocycles. The van der Waals surface area contributed by atoms with Crippen LogP contribution >= 0.6 is 0 Å². The lowest BCUT2D eigenvalue weighted by atomic mass is 10.1. The molecule has 62 valence electrons.